The lowest BCUT2D eigenvalue weighted by Crippen LogP contribution is -1.99. The molecule has 0 amide bonds. The fraction of sp³-hybridized carbons (Fsp3) is 0.917. The molecule has 1 aliphatic carbocycles. The third-order valence-electron chi connectivity index (χ3n) is 3.20. The molecule has 0 saturated heterocycles. The minimum Gasteiger partial charge on any atom is -0.469 e. The standard InChI is InChI=1S/C12H22O2/c1-14-12(13)10-4-2-3-7-11-8-5-6-9-11/h11H,2-10H2,1H3. The second kappa shape index (κ2) is 6.86. The summed E-state index contributed by atoms with van der Waals surface area (Å²) in [4.78, 5) is 10.8. The lowest BCUT2D eigenvalue weighted by molar-refractivity contribution is -0.140. The second-order valence-electron chi connectivity index (χ2n) is 4.33. The van der Waals surface area contributed by atoms with E-state index in [0.29, 0.717) is 6.42 Å². The van der Waals surface area contributed by atoms with E-state index in [2.05, 4.69) is 4.74 Å². The molecule has 0 atom stereocenters. The highest BCUT2D eigenvalue weighted by Gasteiger charge is 2.13. The van der Waals surface area contributed by atoms with Gasteiger partial charge in [-0.1, -0.05) is 44.9 Å². The first-order chi connectivity index (χ1) is 6.83. The summed E-state index contributed by atoms with van der Waals surface area (Å²) in [5, 5.41) is 0. The van der Waals surface area contributed by atoms with E-state index in [9.17, 15) is 4.79 Å². The first-order valence-electron chi connectivity index (χ1n) is 5.89. The lowest BCUT2D eigenvalue weighted by atomic mass is 9.99. The van der Waals surface area contributed by atoms with Crippen molar-refractivity contribution in [3.05, 3.63) is 0 Å². The Balaban J connectivity index is 1.86. The average Bonchev–Trinajstić information content (AvgIpc) is 2.69. The summed E-state index contributed by atoms with van der Waals surface area (Å²) in [5.74, 6) is 0.930. The monoisotopic (exact) mass is 198 g/mol. The van der Waals surface area contributed by atoms with Gasteiger partial charge in [0.2, 0.25) is 0 Å². The minimum absolute atomic E-state index is 0.0640. The van der Waals surface area contributed by atoms with E-state index in [1.165, 1.54) is 52.1 Å². The molecule has 0 spiro atoms. The molecule has 0 radical (unpaired) electrons. The molecular weight excluding hydrogens is 176 g/mol. The number of unbranched alkanes of at least 4 members (excludes halogenated alkanes) is 2. The largest absolute Gasteiger partial charge is 0.469 e. The molecule has 0 aromatic rings. The Kier molecular flexibility index (Phi) is 5.65. The molecule has 2 nitrogen and oxygen atoms in total. The number of hydrogen-bond donors (Lipinski definition) is 0. The summed E-state index contributed by atoms with van der Waals surface area (Å²) in [7, 11) is 1.46. The van der Waals surface area contributed by atoms with Gasteiger partial charge in [0.1, 0.15) is 0 Å². The molecule has 1 rings (SSSR count). The summed E-state index contributed by atoms with van der Waals surface area (Å²) in [6.45, 7) is 0. The van der Waals surface area contributed by atoms with E-state index >= 15 is 0 Å². The van der Waals surface area contributed by atoms with Crippen molar-refractivity contribution in [3.63, 3.8) is 0 Å². The number of hydrogen-bond acceptors (Lipinski definition) is 2. The van der Waals surface area contributed by atoms with Crippen molar-refractivity contribution in [1.29, 1.82) is 0 Å². The summed E-state index contributed by atoms with van der Waals surface area (Å²) in [5.41, 5.74) is 0. The van der Waals surface area contributed by atoms with Gasteiger partial charge < -0.3 is 4.74 Å². The molecule has 1 aliphatic rings. The van der Waals surface area contributed by atoms with Crippen LogP contribution in [-0.4, -0.2) is 13.1 Å². The number of rotatable bonds is 6. The zero-order chi connectivity index (χ0) is 10.2. The molecule has 0 aromatic carbocycles. The Morgan fingerprint density at radius 1 is 1.21 bits per heavy atom. The van der Waals surface area contributed by atoms with Crippen LogP contribution in [-0.2, 0) is 9.53 Å². The topological polar surface area (TPSA) is 26.3 Å². The van der Waals surface area contributed by atoms with Gasteiger partial charge in [0.05, 0.1) is 7.11 Å². The summed E-state index contributed by atoms with van der Waals surface area (Å²) >= 11 is 0. The summed E-state index contributed by atoms with van der Waals surface area (Å²) in [6.07, 6.45) is 11.2. The third-order valence-corrected chi connectivity index (χ3v) is 3.20. The van der Waals surface area contributed by atoms with E-state index < -0.39 is 0 Å². The van der Waals surface area contributed by atoms with Gasteiger partial charge in [-0.25, -0.2) is 0 Å². The van der Waals surface area contributed by atoms with Crippen LogP contribution >= 0.6 is 0 Å². The van der Waals surface area contributed by atoms with Gasteiger partial charge >= 0.3 is 5.97 Å². The fourth-order valence-electron chi connectivity index (χ4n) is 2.28. The quantitative estimate of drug-likeness (QED) is 0.483. The Morgan fingerprint density at radius 3 is 2.57 bits per heavy atom. The van der Waals surface area contributed by atoms with Gasteiger partial charge in [-0.3, -0.25) is 4.79 Å². The van der Waals surface area contributed by atoms with Crippen LogP contribution < -0.4 is 0 Å². The molecule has 14 heavy (non-hydrogen) atoms. The first kappa shape index (κ1) is 11.5. The van der Waals surface area contributed by atoms with Gasteiger partial charge in [-0.2, -0.15) is 0 Å². The number of esters is 1. The first-order valence-corrected chi connectivity index (χ1v) is 5.89. The van der Waals surface area contributed by atoms with E-state index in [1.807, 2.05) is 0 Å². The zero-order valence-corrected chi connectivity index (χ0v) is 9.26. The van der Waals surface area contributed by atoms with Crippen molar-refractivity contribution in [2.45, 2.75) is 57.8 Å². The van der Waals surface area contributed by atoms with Gasteiger partial charge in [-0.15, -0.1) is 0 Å². The maximum atomic E-state index is 10.8. The van der Waals surface area contributed by atoms with Crippen LogP contribution in [0.25, 0.3) is 0 Å². The van der Waals surface area contributed by atoms with Crippen LogP contribution in [0.5, 0.6) is 0 Å². The normalized spacial score (nSPS) is 17.2. The van der Waals surface area contributed by atoms with Crippen molar-refractivity contribution >= 4 is 5.97 Å². The minimum atomic E-state index is -0.0640. The predicted octanol–water partition coefficient (Wildman–Crippen LogP) is 3.30. The van der Waals surface area contributed by atoms with Gasteiger partial charge in [0.15, 0.2) is 0 Å². The van der Waals surface area contributed by atoms with E-state index in [-0.39, 0.29) is 5.97 Å². The average molecular weight is 198 g/mol. The predicted molar refractivity (Wildman–Crippen MR) is 57.1 cm³/mol. The molecule has 1 fully saturated rings. The number of carbonyl (C=O) groups excluding carboxylic acids is 1. The molecule has 0 aromatic heterocycles. The fourth-order valence-corrected chi connectivity index (χ4v) is 2.28. The molecule has 2 heteroatoms. The highest BCUT2D eigenvalue weighted by Crippen LogP contribution is 2.29. The van der Waals surface area contributed by atoms with Crippen molar-refractivity contribution < 1.29 is 9.53 Å². The van der Waals surface area contributed by atoms with E-state index in [4.69, 9.17) is 0 Å². The molecule has 0 heterocycles. The maximum Gasteiger partial charge on any atom is 0.305 e. The molecular formula is C12H22O2. The van der Waals surface area contributed by atoms with Crippen LogP contribution in [0.15, 0.2) is 0 Å². The van der Waals surface area contributed by atoms with Crippen molar-refractivity contribution in [2.24, 2.45) is 5.92 Å². The second-order valence-corrected chi connectivity index (χ2v) is 4.33. The van der Waals surface area contributed by atoms with Gasteiger partial charge in [-0.05, 0) is 12.3 Å². The number of carbonyl (C=O) groups is 1. The van der Waals surface area contributed by atoms with E-state index in [1.54, 1.807) is 0 Å². The lowest BCUT2D eigenvalue weighted by Gasteiger charge is -2.07. The summed E-state index contributed by atoms with van der Waals surface area (Å²) in [6, 6.07) is 0. The Morgan fingerprint density at radius 2 is 1.93 bits per heavy atom. The Hall–Kier alpha value is -0.530. The van der Waals surface area contributed by atoms with Crippen LogP contribution in [0.2, 0.25) is 0 Å². The van der Waals surface area contributed by atoms with E-state index in [0.717, 1.165) is 12.3 Å². The van der Waals surface area contributed by atoms with Crippen molar-refractivity contribution in [1.82, 2.24) is 0 Å². The molecule has 1 saturated carbocycles. The highest BCUT2D eigenvalue weighted by atomic mass is 16.5. The smallest absolute Gasteiger partial charge is 0.305 e. The van der Waals surface area contributed by atoms with Crippen LogP contribution in [0.3, 0.4) is 0 Å². The Labute approximate surface area is 87.0 Å². The third kappa shape index (κ3) is 4.64. The molecule has 0 unspecified atom stereocenters. The zero-order valence-electron chi connectivity index (χ0n) is 9.26. The Bertz CT molecular complexity index is 160. The maximum absolute atomic E-state index is 10.8. The molecule has 0 bridgehead atoms. The number of methoxy groups -OCH3 is 1. The summed E-state index contributed by atoms with van der Waals surface area (Å²) < 4.78 is 4.59. The molecule has 82 valence electrons. The SMILES string of the molecule is COC(=O)CCCCCC1CCCC1. The van der Waals surface area contributed by atoms with Gasteiger partial charge in [0.25, 0.3) is 0 Å². The van der Waals surface area contributed by atoms with Crippen molar-refractivity contribution in [2.75, 3.05) is 7.11 Å². The van der Waals surface area contributed by atoms with Crippen LogP contribution in [0.1, 0.15) is 57.8 Å². The molecule has 0 N–H and O–H groups in total. The van der Waals surface area contributed by atoms with Crippen LogP contribution in [0.4, 0.5) is 0 Å². The number of ether oxygens (including phenoxy) is 1. The van der Waals surface area contributed by atoms with Gasteiger partial charge in [0, 0.05) is 6.42 Å². The van der Waals surface area contributed by atoms with Crippen molar-refractivity contribution in [3.8, 4) is 0 Å². The highest BCUT2D eigenvalue weighted by molar-refractivity contribution is 5.68. The van der Waals surface area contributed by atoms with Crippen LogP contribution in [0, 0.1) is 5.92 Å². The molecule has 0 aliphatic heterocycles.